The van der Waals surface area contributed by atoms with Gasteiger partial charge in [0.1, 0.15) is 0 Å². The zero-order chi connectivity index (χ0) is 17.8. The van der Waals surface area contributed by atoms with Crippen LogP contribution >= 0.6 is 0 Å². The maximum Gasteiger partial charge on any atom is 0.236 e. The molecule has 138 valence electrons. The molecular weight excluding hydrogens is 328 g/mol. The molecule has 0 aliphatic carbocycles. The van der Waals surface area contributed by atoms with E-state index in [1.807, 2.05) is 21.8 Å². The highest BCUT2D eigenvalue weighted by Gasteiger charge is 2.25. The summed E-state index contributed by atoms with van der Waals surface area (Å²) >= 11 is 0. The first-order chi connectivity index (χ1) is 12.8. The van der Waals surface area contributed by atoms with E-state index >= 15 is 0 Å². The number of hydrogen-bond acceptors (Lipinski definition) is 4. The minimum Gasteiger partial charge on any atom is -0.374 e. The molecule has 0 saturated carbocycles. The van der Waals surface area contributed by atoms with Crippen LogP contribution in [0.25, 0.3) is 0 Å². The van der Waals surface area contributed by atoms with E-state index in [0.717, 1.165) is 32.5 Å². The van der Waals surface area contributed by atoms with Gasteiger partial charge in [-0.1, -0.05) is 24.3 Å². The molecule has 1 aromatic heterocycles. The SMILES string of the molecule is O=C(CN1CCc2ccccc2C1)N1CCCO[C@@H](Cn2cccn2)C1. The van der Waals surface area contributed by atoms with Gasteiger partial charge in [0.15, 0.2) is 0 Å². The molecule has 0 bridgehead atoms. The van der Waals surface area contributed by atoms with Crippen molar-refractivity contribution in [2.75, 3.05) is 32.8 Å². The van der Waals surface area contributed by atoms with Crippen LogP contribution in [0.15, 0.2) is 42.7 Å². The molecule has 0 spiro atoms. The molecule has 6 nitrogen and oxygen atoms in total. The number of ether oxygens (including phenoxy) is 1. The van der Waals surface area contributed by atoms with Gasteiger partial charge in [0.05, 0.1) is 19.2 Å². The topological polar surface area (TPSA) is 50.6 Å². The molecule has 1 fully saturated rings. The molecule has 1 atom stereocenters. The molecule has 2 aliphatic rings. The largest absolute Gasteiger partial charge is 0.374 e. The quantitative estimate of drug-likeness (QED) is 0.836. The number of amides is 1. The Hall–Kier alpha value is -2.18. The van der Waals surface area contributed by atoms with Crippen LogP contribution < -0.4 is 0 Å². The Kier molecular flexibility index (Phi) is 5.32. The van der Waals surface area contributed by atoms with Gasteiger partial charge >= 0.3 is 0 Å². The van der Waals surface area contributed by atoms with Crippen LogP contribution in [0, 0.1) is 0 Å². The lowest BCUT2D eigenvalue weighted by Crippen LogP contribution is -2.45. The summed E-state index contributed by atoms with van der Waals surface area (Å²) in [5.74, 6) is 0.209. The lowest BCUT2D eigenvalue weighted by molar-refractivity contribution is -0.133. The summed E-state index contributed by atoms with van der Waals surface area (Å²) < 4.78 is 7.80. The number of rotatable bonds is 4. The summed E-state index contributed by atoms with van der Waals surface area (Å²) in [6.07, 6.45) is 5.63. The number of nitrogens with zero attached hydrogens (tertiary/aromatic N) is 4. The molecule has 2 aromatic rings. The second kappa shape index (κ2) is 8.01. The van der Waals surface area contributed by atoms with Crippen LogP contribution in [0.5, 0.6) is 0 Å². The fourth-order valence-corrected chi connectivity index (χ4v) is 3.83. The van der Waals surface area contributed by atoms with E-state index in [-0.39, 0.29) is 12.0 Å². The monoisotopic (exact) mass is 354 g/mol. The van der Waals surface area contributed by atoms with Gasteiger partial charge in [-0.25, -0.2) is 0 Å². The standard InChI is InChI=1S/C20H26N4O2/c25-20(16-22-11-7-17-5-1-2-6-18(17)13-22)23-9-4-12-26-19(14-23)15-24-10-3-8-21-24/h1-3,5-6,8,10,19H,4,7,9,11-16H2/t19-/m1/s1. The summed E-state index contributed by atoms with van der Waals surface area (Å²) in [4.78, 5) is 17.1. The molecule has 26 heavy (non-hydrogen) atoms. The first-order valence-corrected chi connectivity index (χ1v) is 9.44. The van der Waals surface area contributed by atoms with Crippen molar-refractivity contribution in [1.29, 1.82) is 0 Å². The summed E-state index contributed by atoms with van der Waals surface area (Å²) in [5.41, 5.74) is 2.76. The molecule has 4 rings (SSSR count). The summed E-state index contributed by atoms with van der Waals surface area (Å²) in [6.45, 7) is 5.11. The van der Waals surface area contributed by atoms with Gasteiger partial charge in [-0.3, -0.25) is 14.4 Å². The number of hydrogen-bond donors (Lipinski definition) is 0. The van der Waals surface area contributed by atoms with Crippen LogP contribution in [0.3, 0.4) is 0 Å². The lowest BCUT2D eigenvalue weighted by atomic mass is 10.00. The Labute approximate surface area is 154 Å². The molecule has 6 heteroatoms. The molecule has 1 saturated heterocycles. The normalized spacial score (nSPS) is 21.2. The Balaban J connectivity index is 1.34. The Morgan fingerprint density at radius 1 is 1.19 bits per heavy atom. The Bertz CT molecular complexity index is 731. The van der Waals surface area contributed by atoms with E-state index in [1.54, 1.807) is 6.20 Å². The molecule has 1 amide bonds. The smallest absolute Gasteiger partial charge is 0.236 e. The predicted octanol–water partition coefficient (Wildman–Crippen LogP) is 1.56. The highest BCUT2D eigenvalue weighted by atomic mass is 16.5. The van der Waals surface area contributed by atoms with E-state index in [0.29, 0.717) is 26.2 Å². The van der Waals surface area contributed by atoms with E-state index < -0.39 is 0 Å². The van der Waals surface area contributed by atoms with Gasteiger partial charge in [-0.05, 0) is 30.0 Å². The highest BCUT2D eigenvalue weighted by Crippen LogP contribution is 2.18. The number of fused-ring (bicyclic) bond motifs is 1. The summed E-state index contributed by atoms with van der Waals surface area (Å²) in [6, 6.07) is 10.5. The van der Waals surface area contributed by atoms with Crippen molar-refractivity contribution in [1.82, 2.24) is 19.6 Å². The molecule has 0 radical (unpaired) electrons. The molecule has 3 heterocycles. The summed E-state index contributed by atoms with van der Waals surface area (Å²) in [5, 5.41) is 4.25. The number of benzene rings is 1. The Morgan fingerprint density at radius 3 is 2.92 bits per heavy atom. The molecular formula is C20H26N4O2. The van der Waals surface area contributed by atoms with E-state index in [9.17, 15) is 4.79 Å². The third-order valence-corrected chi connectivity index (χ3v) is 5.22. The Morgan fingerprint density at radius 2 is 2.08 bits per heavy atom. The fraction of sp³-hybridized carbons (Fsp3) is 0.500. The minimum absolute atomic E-state index is 0.00318. The van der Waals surface area contributed by atoms with Crippen molar-refractivity contribution >= 4 is 5.91 Å². The van der Waals surface area contributed by atoms with Crippen LogP contribution in [0.2, 0.25) is 0 Å². The number of carbonyl (C=O) groups is 1. The fourth-order valence-electron chi connectivity index (χ4n) is 3.83. The average Bonchev–Trinajstić information content (AvgIpc) is 3.05. The van der Waals surface area contributed by atoms with Crippen molar-refractivity contribution in [3.8, 4) is 0 Å². The third-order valence-electron chi connectivity index (χ3n) is 5.22. The molecule has 0 unspecified atom stereocenters. The van der Waals surface area contributed by atoms with Crippen molar-refractivity contribution in [2.45, 2.75) is 32.0 Å². The predicted molar refractivity (Wildman–Crippen MR) is 98.6 cm³/mol. The van der Waals surface area contributed by atoms with Crippen molar-refractivity contribution in [3.05, 3.63) is 53.9 Å². The van der Waals surface area contributed by atoms with Crippen LogP contribution in [0.1, 0.15) is 17.5 Å². The summed E-state index contributed by atoms with van der Waals surface area (Å²) in [7, 11) is 0. The van der Waals surface area contributed by atoms with Crippen LogP contribution in [-0.4, -0.2) is 64.4 Å². The minimum atomic E-state index is 0.00318. The maximum atomic E-state index is 12.9. The van der Waals surface area contributed by atoms with E-state index in [1.165, 1.54) is 11.1 Å². The van der Waals surface area contributed by atoms with Gasteiger partial charge in [0, 0.05) is 45.2 Å². The molecule has 0 N–H and O–H groups in total. The highest BCUT2D eigenvalue weighted by molar-refractivity contribution is 5.78. The van der Waals surface area contributed by atoms with Gasteiger partial charge < -0.3 is 9.64 Å². The zero-order valence-electron chi connectivity index (χ0n) is 15.1. The van der Waals surface area contributed by atoms with Gasteiger partial charge in [0.2, 0.25) is 5.91 Å². The van der Waals surface area contributed by atoms with Gasteiger partial charge in [-0.15, -0.1) is 0 Å². The first-order valence-electron chi connectivity index (χ1n) is 9.44. The maximum absolute atomic E-state index is 12.9. The van der Waals surface area contributed by atoms with E-state index in [4.69, 9.17) is 4.74 Å². The van der Waals surface area contributed by atoms with Gasteiger partial charge in [-0.2, -0.15) is 5.10 Å². The van der Waals surface area contributed by atoms with Crippen molar-refractivity contribution < 1.29 is 9.53 Å². The molecule has 1 aromatic carbocycles. The molecule has 2 aliphatic heterocycles. The number of carbonyl (C=O) groups excluding carboxylic acids is 1. The average molecular weight is 354 g/mol. The first kappa shape index (κ1) is 17.2. The zero-order valence-corrected chi connectivity index (χ0v) is 15.1. The van der Waals surface area contributed by atoms with E-state index in [2.05, 4.69) is 34.3 Å². The second-order valence-corrected chi connectivity index (χ2v) is 7.14. The third kappa shape index (κ3) is 4.14. The van der Waals surface area contributed by atoms with Crippen molar-refractivity contribution in [3.63, 3.8) is 0 Å². The second-order valence-electron chi connectivity index (χ2n) is 7.14. The number of aromatic nitrogens is 2. The lowest BCUT2D eigenvalue weighted by Gasteiger charge is -2.31. The van der Waals surface area contributed by atoms with Crippen LogP contribution in [-0.2, 0) is 29.0 Å². The van der Waals surface area contributed by atoms with Crippen molar-refractivity contribution in [2.24, 2.45) is 0 Å². The van der Waals surface area contributed by atoms with Crippen LogP contribution in [0.4, 0.5) is 0 Å². The van der Waals surface area contributed by atoms with Gasteiger partial charge in [0.25, 0.3) is 0 Å².